The Bertz CT molecular complexity index is 1610. The molecule has 214 valence electrons. The van der Waals surface area contributed by atoms with Crippen LogP contribution in [0.15, 0.2) is 98.2 Å². The minimum atomic E-state index is -4.65. The van der Waals surface area contributed by atoms with Crippen LogP contribution >= 0.6 is 11.6 Å². The fraction of sp³-hybridized carbons (Fsp3) is 0.185. The molecule has 1 amide bonds. The molecule has 0 aromatic heterocycles. The quantitative estimate of drug-likeness (QED) is 0.328. The maximum absolute atomic E-state index is 13.2. The normalized spacial score (nSPS) is 16.8. The van der Waals surface area contributed by atoms with Crippen molar-refractivity contribution < 1.29 is 26.4 Å². The van der Waals surface area contributed by atoms with Crippen molar-refractivity contribution in [2.24, 2.45) is 20.2 Å². The van der Waals surface area contributed by atoms with Crippen LogP contribution in [0.25, 0.3) is 0 Å². The number of hydrogen-bond acceptors (Lipinski definition) is 4. The summed E-state index contributed by atoms with van der Waals surface area (Å²) in [6.07, 6.45) is -4.19. The number of guanidine groups is 2. The Morgan fingerprint density at radius 1 is 1.05 bits per heavy atom. The lowest BCUT2D eigenvalue weighted by Crippen LogP contribution is -2.40. The molecule has 14 heteroatoms. The van der Waals surface area contributed by atoms with Gasteiger partial charge in [-0.25, -0.2) is 5.01 Å². The fourth-order valence-corrected chi connectivity index (χ4v) is 5.15. The molecule has 0 saturated heterocycles. The third-order valence-corrected chi connectivity index (χ3v) is 7.49. The van der Waals surface area contributed by atoms with Crippen molar-refractivity contribution in [1.29, 1.82) is 0 Å². The molecule has 0 spiro atoms. The number of nitrogens with one attached hydrogen (secondary N) is 1. The zero-order chi connectivity index (χ0) is 29.8. The van der Waals surface area contributed by atoms with Crippen LogP contribution in [0.5, 0.6) is 0 Å². The standard InChI is InChI=1S/C27H24ClF3N6O3S/c1-17(38)33-25(32)34-26(36-41(39,40)22-13-9-20(10-14-22)27(29,30)31)37-16-15-23(18-5-3-2-4-6-18)24(35-37)19-7-11-21(28)12-8-19/h2-14,23H,15-16H2,1H3,(H3,32,33,34,36,38)/t23-/m1/s1. The summed E-state index contributed by atoms with van der Waals surface area (Å²) in [5.74, 6) is -1.69. The second-order valence-electron chi connectivity index (χ2n) is 8.93. The van der Waals surface area contributed by atoms with Crippen LogP contribution in [0.4, 0.5) is 13.2 Å². The van der Waals surface area contributed by atoms with Gasteiger partial charge in [-0.15, -0.1) is 4.40 Å². The largest absolute Gasteiger partial charge is 0.416 e. The first-order valence-electron chi connectivity index (χ1n) is 12.1. The van der Waals surface area contributed by atoms with Crippen molar-refractivity contribution in [2.45, 2.75) is 30.3 Å². The number of amides is 1. The van der Waals surface area contributed by atoms with Crippen LogP contribution in [0.2, 0.25) is 5.02 Å². The van der Waals surface area contributed by atoms with Crippen molar-refractivity contribution >= 4 is 45.2 Å². The molecule has 3 aromatic rings. The number of carbonyl (C=O) groups is 1. The van der Waals surface area contributed by atoms with Crippen LogP contribution in [0.3, 0.4) is 0 Å². The van der Waals surface area contributed by atoms with E-state index in [0.717, 1.165) is 17.7 Å². The van der Waals surface area contributed by atoms with Crippen molar-refractivity contribution in [3.63, 3.8) is 0 Å². The molecular weight excluding hydrogens is 581 g/mol. The van der Waals surface area contributed by atoms with Gasteiger partial charge in [0.05, 0.1) is 16.2 Å². The van der Waals surface area contributed by atoms with Crippen molar-refractivity contribution in [2.75, 3.05) is 6.54 Å². The summed E-state index contributed by atoms with van der Waals surface area (Å²) < 4.78 is 69.1. The number of hydrogen-bond donors (Lipinski definition) is 2. The first-order valence-corrected chi connectivity index (χ1v) is 14.0. The van der Waals surface area contributed by atoms with E-state index in [1.54, 1.807) is 24.3 Å². The average molecular weight is 605 g/mol. The van der Waals surface area contributed by atoms with Gasteiger partial charge in [-0.2, -0.15) is 31.7 Å². The second kappa shape index (κ2) is 12.1. The molecule has 0 bridgehead atoms. The maximum Gasteiger partial charge on any atom is 0.416 e. The van der Waals surface area contributed by atoms with Gasteiger partial charge >= 0.3 is 6.18 Å². The van der Waals surface area contributed by atoms with Gasteiger partial charge in [0.15, 0.2) is 0 Å². The molecule has 1 atom stereocenters. The number of benzene rings is 3. The Hall–Kier alpha value is -4.23. The number of rotatable bonds is 4. The van der Waals surface area contributed by atoms with Gasteiger partial charge in [0.1, 0.15) is 0 Å². The molecule has 4 rings (SSSR count). The van der Waals surface area contributed by atoms with E-state index in [1.807, 2.05) is 30.3 Å². The van der Waals surface area contributed by atoms with E-state index in [9.17, 15) is 26.4 Å². The predicted molar refractivity (Wildman–Crippen MR) is 150 cm³/mol. The van der Waals surface area contributed by atoms with Crippen LogP contribution in [0.1, 0.15) is 36.0 Å². The highest BCUT2D eigenvalue weighted by Crippen LogP contribution is 2.32. The molecule has 1 aliphatic heterocycles. The number of halogens is 4. The van der Waals surface area contributed by atoms with Gasteiger partial charge in [-0.3, -0.25) is 10.1 Å². The molecule has 3 N–H and O–H groups in total. The zero-order valence-electron chi connectivity index (χ0n) is 21.5. The van der Waals surface area contributed by atoms with Crippen LogP contribution in [-0.2, 0) is 21.0 Å². The van der Waals surface area contributed by atoms with Gasteiger partial charge < -0.3 is 5.73 Å². The minimum absolute atomic E-state index is 0.148. The van der Waals surface area contributed by atoms with Crippen LogP contribution < -0.4 is 11.1 Å². The van der Waals surface area contributed by atoms with E-state index >= 15 is 0 Å². The van der Waals surface area contributed by atoms with Crippen molar-refractivity contribution in [3.8, 4) is 0 Å². The van der Waals surface area contributed by atoms with Crippen LogP contribution in [-0.4, -0.2) is 43.5 Å². The number of carbonyl (C=O) groups excluding carboxylic acids is 1. The average Bonchev–Trinajstić information content (AvgIpc) is 2.92. The summed E-state index contributed by atoms with van der Waals surface area (Å²) in [7, 11) is -4.58. The third-order valence-electron chi connectivity index (χ3n) is 5.97. The van der Waals surface area contributed by atoms with E-state index in [4.69, 9.17) is 17.3 Å². The summed E-state index contributed by atoms with van der Waals surface area (Å²) >= 11 is 6.08. The van der Waals surface area contributed by atoms with Gasteiger partial charge in [-0.05, 0) is 53.9 Å². The first kappa shape index (κ1) is 29.7. The zero-order valence-corrected chi connectivity index (χ0v) is 23.1. The highest BCUT2D eigenvalue weighted by molar-refractivity contribution is 7.90. The molecule has 9 nitrogen and oxygen atoms in total. The second-order valence-corrected chi connectivity index (χ2v) is 11.0. The van der Waals surface area contributed by atoms with E-state index < -0.39 is 44.5 Å². The lowest BCUT2D eigenvalue weighted by Gasteiger charge is -2.30. The molecule has 0 unspecified atom stereocenters. The van der Waals surface area contributed by atoms with E-state index in [0.29, 0.717) is 34.9 Å². The molecule has 0 fully saturated rings. The molecule has 41 heavy (non-hydrogen) atoms. The number of hydrazone groups is 1. The number of aliphatic imine (C=N–C) groups is 1. The number of alkyl halides is 3. The summed E-state index contributed by atoms with van der Waals surface area (Å²) in [6, 6.07) is 19.4. The van der Waals surface area contributed by atoms with Gasteiger partial charge in [-0.1, -0.05) is 54.1 Å². The highest BCUT2D eigenvalue weighted by atomic mass is 35.5. The number of sulfonamides is 1. The topological polar surface area (TPSA) is 130 Å². The van der Waals surface area contributed by atoms with Crippen LogP contribution in [0, 0.1) is 0 Å². The molecule has 0 aliphatic carbocycles. The van der Waals surface area contributed by atoms with Gasteiger partial charge in [0.2, 0.25) is 11.9 Å². The maximum atomic E-state index is 13.2. The lowest BCUT2D eigenvalue weighted by molar-refractivity contribution is -0.137. The number of nitrogens with zero attached hydrogens (tertiary/aromatic N) is 4. The predicted octanol–water partition coefficient (Wildman–Crippen LogP) is 4.75. The molecule has 0 radical (unpaired) electrons. The monoisotopic (exact) mass is 604 g/mol. The third kappa shape index (κ3) is 7.50. The van der Waals surface area contributed by atoms with E-state index in [-0.39, 0.29) is 12.5 Å². The lowest BCUT2D eigenvalue weighted by atomic mass is 9.86. The Labute approximate surface area is 239 Å². The first-order chi connectivity index (χ1) is 19.3. The summed E-state index contributed by atoms with van der Waals surface area (Å²) in [5.41, 5.74) is 7.03. The number of nitrogens with two attached hydrogens (primary N) is 1. The Morgan fingerprint density at radius 3 is 2.27 bits per heavy atom. The molecule has 0 saturated carbocycles. The summed E-state index contributed by atoms with van der Waals surface area (Å²) in [6.45, 7) is 1.33. The Morgan fingerprint density at radius 2 is 1.68 bits per heavy atom. The molecular formula is C27H24ClF3N6O3S. The van der Waals surface area contributed by atoms with Crippen molar-refractivity contribution in [3.05, 3.63) is 101 Å². The summed E-state index contributed by atoms with van der Waals surface area (Å²) in [4.78, 5) is 15.0. The SMILES string of the molecule is CC(=O)N/C(N)=N/C(=N/S(=O)(=O)c1ccc(C(F)(F)F)cc1)N1CC[C@H](c2ccccc2)C(c2ccc(Cl)cc2)=N1. The van der Waals surface area contributed by atoms with E-state index in [1.165, 1.54) is 11.9 Å². The smallest absolute Gasteiger partial charge is 0.369 e. The minimum Gasteiger partial charge on any atom is -0.369 e. The fourth-order valence-electron chi connectivity index (χ4n) is 4.09. The van der Waals surface area contributed by atoms with Gasteiger partial charge in [0, 0.05) is 24.4 Å². The Kier molecular flexibility index (Phi) is 8.78. The Balaban J connectivity index is 1.82. The molecule has 1 heterocycles. The van der Waals surface area contributed by atoms with E-state index in [2.05, 4.69) is 19.8 Å². The van der Waals surface area contributed by atoms with Crippen molar-refractivity contribution in [1.82, 2.24) is 10.3 Å². The summed E-state index contributed by atoms with van der Waals surface area (Å²) in [5, 5.41) is 8.66. The van der Waals surface area contributed by atoms with Gasteiger partial charge in [0.25, 0.3) is 16.0 Å². The molecule has 1 aliphatic rings. The highest BCUT2D eigenvalue weighted by Gasteiger charge is 2.32. The molecule has 3 aromatic carbocycles.